The van der Waals surface area contributed by atoms with E-state index in [0.29, 0.717) is 28.9 Å². The van der Waals surface area contributed by atoms with E-state index in [1.54, 1.807) is 19.1 Å². The van der Waals surface area contributed by atoms with E-state index < -0.39 is 12.1 Å². The first-order chi connectivity index (χ1) is 12.4. The van der Waals surface area contributed by atoms with E-state index in [1.165, 1.54) is 6.92 Å². The Hall–Kier alpha value is -3.08. The number of hydrogen-bond acceptors (Lipinski definition) is 4. The van der Waals surface area contributed by atoms with Gasteiger partial charge in [-0.2, -0.15) is 0 Å². The van der Waals surface area contributed by atoms with Crippen molar-refractivity contribution in [3.63, 3.8) is 0 Å². The number of aliphatic carboxylic acids is 1. The number of aryl methyl sites for hydroxylation is 2. The third-order valence-electron chi connectivity index (χ3n) is 4.53. The van der Waals surface area contributed by atoms with E-state index in [-0.39, 0.29) is 5.63 Å². The maximum Gasteiger partial charge on any atom is 0.344 e. The Morgan fingerprint density at radius 1 is 1.12 bits per heavy atom. The molecule has 0 spiro atoms. The number of benzene rings is 2. The van der Waals surface area contributed by atoms with Crippen LogP contribution < -0.4 is 10.4 Å². The van der Waals surface area contributed by atoms with Crippen molar-refractivity contribution in [2.75, 3.05) is 0 Å². The molecule has 5 heteroatoms. The Kier molecular flexibility index (Phi) is 4.80. The topological polar surface area (TPSA) is 76.7 Å². The van der Waals surface area contributed by atoms with Crippen LogP contribution in [0.25, 0.3) is 11.0 Å². The SMILES string of the molecule is Cc1c(Cc2ccccc2)c(=O)oc2c(C)c(O[C@H](C)C(=O)O)ccc12. The van der Waals surface area contributed by atoms with Crippen LogP contribution in [0.5, 0.6) is 5.75 Å². The number of ether oxygens (including phenoxy) is 1. The van der Waals surface area contributed by atoms with Gasteiger partial charge >= 0.3 is 11.6 Å². The third-order valence-corrected chi connectivity index (χ3v) is 4.53. The van der Waals surface area contributed by atoms with Gasteiger partial charge in [-0.3, -0.25) is 0 Å². The lowest BCUT2D eigenvalue weighted by molar-refractivity contribution is -0.144. The van der Waals surface area contributed by atoms with Crippen LogP contribution >= 0.6 is 0 Å². The smallest absolute Gasteiger partial charge is 0.344 e. The van der Waals surface area contributed by atoms with E-state index in [4.69, 9.17) is 14.3 Å². The quantitative estimate of drug-likeness (QED) is 0.706. The highest BCUT2D eigenvalue weighted by atomic mass is 16.5. The van der Waals surface area contributed by atoms with E-state index in [9.17, 15) is 9.59 Å². The van der Waals surface area contributed by atoms with Crippen molar-refractivity contribution in [2.45, 2.75) is 33.3 Å². The first-order valence-electron chi connectivity index (χ1n) is 8.37. The molecule has 0 saturated heterocycles. The zero-order valence-electron chi connectivity index (χ0n) is 14.9. The van der Waals surface area contributed by atoms with Crippen LogP contribution in [0.3, 0.4) is 0 Å². The molecule has 0 radical (unpaired) electrons. The molecule has 0 unspecified atom stereocenters. The highest BCUT2D eigenvalue weighted by molar-refractivity contribution is 5.86. The van der Waals surface area contributed by atoms with Gasteiger partial charge in [0.2, 0.25) is 0 Å². The van der Waals surface area contributed by atoms with Gasteiger partial charge in [-0.05, 0) is 44.0 Å². The second kappa shape index (κ2) is 7.04. The number of carbonyl (C=O) groups is 1. The molecule has 26 heavy (non-hydrogen) atoms. The van der Waals surface area contributed by atoms with E-state index in [2.05, 4.69) is 0 Å². The molecule has 0 saturated carbocycles. The average molecular weight is 352 g/mol. The van der Waals surface area contributed by atoms with Crippen LogP contribution in [0.15, 0.2) is 51.7 Å². The first-order valence-corrected chi connectivity index (χ1v) is 8.37. The Bertz CT molecular complexity index is 1020. The second-order valence-corrected chi connectivity index (χ2v) is 6.32. The Balaban J connectivity index is 2.07. The van der Waals surface area contributed by atoms with Gasteiger partial charge < -0.3 is 14.3 Å². The molecule has 0 amide bonds. The van der Waals surface area contributed by atoms with Gasteiger partial charge in [0, 0.05) is 22.9 Å². The van der Waals surface area contributed by atoms with Crippen molar-refractivity contribution in [1.29, 1.82) is 0 Å². The highest BCUT2D eigenvalue weighted by Crippen LogP contribution is 2.30. The molecule has 0 aliphatic carbocycles. The maximum absolute atomic E-state index is 12.6. The van der Waals surface area contributed by atoms with Crippen molar-refractivity contribution in [1.82, 2.24) is 0 Å². The second-order valence-electron chi connectivity index (χ2n) is 6.32. The summed E-state index contributed by atoms with van der Waals surface area (Å²) in [5, 5.41) is 9.84. The summed E-state index contributed by atoms with van der Waals surface area (Å²) in [5.74, 6) is -0.661. The van der Waals surface area contributed by atoms with Gasteiger partial charge in [0.15, 0.2) is 6.10 Å². The zero-order chi connectivity index (χ0) is 18.8. The summed E-state index contributed by atoms with van der Waals surface area (Å²) >= 11 is 0. The Morgan fingerprint density at radius 2 is 1.81 bits per heavy atom. The molecule has 0 fully saturated rings. The largest absolute Gasteiger partial charge is 0.479 e. The van der Waals surface area contributed by atoms with Crippen molar-refractivity contribution in [2.24, 2.45) is 0 Å². The van der Waals surface area contributed by atoms with Crippen LogP contribution in [0.4, 0.5) is 0 Å². The standard InChI is InChI=1S/C21H20O5/c1-12-16-9-10-18(25-14(3)20(22)23)13(2)19(16)26-21(24)17(12)11-15-7-5-4-6-8-15/h4-10,14H,11H2,1-3H3,(H,22,23)/t14-/m1/s1. The fraction of sp³-hybridized carbons (Fsp3) is 0.238. The van der Waals surface area contributed by atoms with E-state index >= 15 is 0 Å². The van der Waals surface area contributed by atoms with Gasteiger partial charge in [0.05, 0.1) is 0 Å². The molecule has 1 aromatic heterocycles. The lowest BCUT2D eigenvalue weighted by Gasteiger charge is -2.15. The molecule has 5 nitrogen and oxygen atoms in total. The summed E-state index contributed by atoms with van der Waals surface area (Å²) in [6.45, 7) is 5.11. The van der Waals surface area contributed by atoms with Gasteiger partial charge in [-0.1, -0.05) is 30.3 Å². The minimum atomic E-state index is -1.06. The van der Waals surface area contributed by atoms with Gasteiger partial charge in [-0.15, -0.1) is 0 Å². The van der Waals surface area contributed by atoms with E-state index in [0.717, 1.165) is 16.5 Å². The number of hydrogen-bond donors (Lipinski definition) is 1. The summed E-state index contributed by atoms with van der Waals surface area (Å²) in [5.41, 5.74) is 3.18. The molecule has 0 aliphatic heterocycles. The minimum Gasteiger partial charge on any atom is -0.479 e. The normalized spacial score (nSPS) is 12.1. The molecular weight excluding hydrogens is 332 g/mol. The molecule has 0 bridgehead atoms. The van der Waals surface area contributed by atoms with Crippen LogP contribution in [0.2, 0.25) is 0 Å². The lowest BCUT2D eigenvalue weighted by atomic mass is 9.98. The number of carboxylic acids is 1. The van der Waals surface area contributed by atoms with Gasteiger partial charge in [0.25, 0.3) is 0 Å². The number of rotatable bonds is 5. The number of carboxylic acid groups (broad SMARTS) is 1. The zero-order valence-corrected chi connectivity index (χ0v) is 14.9. The average Bonchev–Trinajstić information content (AvgIpc) is 2.62. The maximum atomic E-state index is 12.6. The molecule has 3 aromatic rings. The van der Waals surface area contributed by atoms with Crippen molar-refractivity contribution >= 4 is 16.9 Å². The van der Waals surface area contributed by atoms with Crippen LogP contribution in [-0.2, 0) is 11.2 Å². The summed E-state index contributed by atoms with van der Waals surface area (Å²) in [6.07, 6.45) is -0.491. The number of fused-ring (bicyclic) bond motifs is 1. The molecular formula is C21H20O5. The lowest BCUT2D eigenvalue weighted by Crippen LogP contribution is -2.23. The van der Waals surface area contributed by atoms with Gasteiger partial charge in [-0.25, -0.2) is 9.59 Å². The summed E-state index contributed by atoms with van der Waals surface area (Å²) in [7, 11) is 0. The monoisotopic (exact) mass is 352 g/mol. The van der Waals surface area contributed by atoms with Crippen LogP contribution in [0, 0.1) is 13.8 Å². The van der Waals surface area contributed by atoms with Crippen molar-refractivity contribution in [3.05, 3.63) is 75.1 Å². The molecule has 1 heterocycles. The molecule has 0 aliphatic rings. The Morgan fingerprint density at radius 3 is 2.46 bits per heavy atom. The minimum absolute atomic E-state index is 0.384. The van der Waals surface area contributed by atoms with E-state index in [1.807, 2.05) is 37.3 Å². The third kappa shape index (κ3) is 3.33. The van der Waals surface area contributed by atoms with Crippen LogP contribution in [-0.4, -0.2) is 17.2 Å². The summed E-state index contributed by atoms with van der Waals surface area (Å²) in [4.78, 5) is 23.6. The predicted octanol–water partition coefficient (Wildman–Crippen LogP) is 3.85. The molecule has 1 atom stereocenters. The molecule has 2 aromatic carbocycles. The van der Waals surface area contributed by atoms with Gasteiger partial charge in [0.1, 0.15) is 11.3 Å². The highest BCUT2D eigenvalue weighted by Gasteiger charge is 2.18. The van der Waals surface area contributed by atoms with Crippen molar-refractivity contribution < 1.29 is 19.1 Å². The fourth-order valence-corrected chi connectivity index (χ4v) is 2.94. The predicted molar refractivity (Wildman–Crippen MR) is 98.9 cm³/mol. The molecule has 3 rings (SSSR count). The fourth-order valence-electron chi connectivity index (χ4n) is 2.94. The first kappa shape index (κ1) is 17.7. The Labute approximate surface area is 150 Å². The van der Waals surface area contributed by atoms with Crippen molar-refractivity contribution in [3.8, 4) is 5.75 Å². The molecule has 134 valence electrons. The summed E-state index contributed by atoms with van der Waals surface area (Å²) in [6, 6.07) is 13.3. The summed E-state index contributed by atoms with van der Waals surface area (Å²) < 4.78 is 11.0. The molecule has 1 N–H and O–H groups in total. The van der Waals surface area contributed by atoms with Crippen LogP contribution in [0.1, 0.15) is 29.2 Å².